The molecule has 23 nitrogen and oxygen atoms in total. The highest BCUT2D eigenvalue weighted by Gasteiger charge is 2.33. The molecule has 0 saturated carbocycles. The van der Waals surface area contributed by atoms with Crippen molar-refractivity contribution in [3.8, 4) is 0 Å². The average molecular weight is 800 g/mol. The van der Waals surface area contributed by atoms with Gasteiger partial charge in [0.1, 0.15) is 42.3 Å². The lowest BCUT2D eigenvalue weighted by Gasteiger charge is -2.27. The standard InChI is InChI=1S/C33H57N11O12/c1-14(2)13-22(44-28(50)17(5)39-29(51)19(7-10-23(35)45)41-26(48)15(3)34)32(54)43-21(9-12-25(37)47)30(52)38-16(4)27(49)42-20(8-11-24(36)46)31(53)40-18(6)33(55)56/h14-22H,7-13,34H2,1-6H3,(H2,35,45)(H2,36,46)(H2,37,47)(H,38,52)(H,39,51)(H,40,53)(H,41,48)(H,42,49)(H,43,54)(H,44,50)(H,55,56)/t15-,16-,17-,18-,19-,20-,21-,22-/m0/s1. The molecule has 0 saturated heterocycles. The Morgan fingerprint density at radius 1 is 0.429 bits per heavy atom. The summed E-state index contributed by atoms with van der Waals surface area (Å²) in [6.07, 6.45) is -1.83. The molecule has 0 fully saturated rings. The minimum atomic E-state index is -1.49. The molecule has 0 spiro atoms. The molecule has 56 heavy (non-hydrogen) atoms. The number of rotatable bonds is 26. The second-order valence-electron chi connectivity index (χ2n) is 13.7. The third-order valence-electron chi connectivity index (χ3n) is 7.92. The summed E-state index contributed by atoms with van der Waals surface area (Å²) in [5.74, 6) is -10.1. The minimum Gasteiger partial charge on any atom is -0.480 e. The highest BCUT2D eigenvalue weighted by molar-refractivity contribution is 5.97. The molecule has 16 N–H and O–H groups in total. The number of carboxylic acids is 1. The van der Waals surface area contributed by atoms with Crippen LogP contribution in [0.3, 0.4) is 0 Å². The van der Waals surface area contributed by atoms with E-state index in [-0.39, 0.29) is 44.4 Å². The van der Waals surface area contributed by atoms with Crippen LogP contribution >= 0.6 is 0 Å². The van der Waals surface area contributed by atoms with Crippen molar-refractivity contribution in [3.05, 3.63) is 0 Å². The van der Waals surface area contributed by atoms with Crippen LogP contribution in [0.25, 0.3) is 0 Å². The maximum atomic E-state index is 13.5. The molecule has 0 bridgehead atoms. The number of nitrogens with two attached hydrogens (primary N) is 4. The van der Waals surface area contributed by atoms with E-state index in [1.165, 1.54) is 27.7 Å². The molecule has 0 aliphatic carbocycles. The monoisotopic (exact) mass is 799 g/mol. The molecule has 0 radical (unpaired) electrons. The molecule has 0 aliphatic rings. The third-order valence-corrected chi connectivity index (χ3v) is 7.92. The first-order chi connectivity index (χ1) is 25.8. The van der Waals surface area contributed by atoms with E-state index in [4.69, 9.17) is 28.0 Å². The molecule has 0 aromatic carbocycles. The van der Waals surface area contributed by atoms with Crippen LogP contribution in [0.1, 0.15) is 86.5 Å². The Labute approximate surface area is 323 Å². The van der Waals surface area contributed by atoms with E-state index in [2.05, 4.69) is 37.2 Å². The number of hydrogen-bond donors (Lipinski definition) is 12. The molecule has 0 aromatic rings. The molecular formula is C33H57N11O12. The van der Waals surface area contributed by atoms with Gasteiger partial charge in [0.2, 0.25) is 59.1 Å². The normalized spacial score (nSPS) is 15.1. The maximum Gasteiger partial charge on any atom is 0.325 e. The minimum absolute atomic E-state index is 0.0299. The van der Waals surface area contributed by atoms with Crippen LogP contribution in [-0.2, 0) is 52.7 Å². The zero-order chi connectivity index (χ0) is 43.4. The van der Waals surface area contributed by atoms with Crippen LogP contribution in [0.15, 0.2) is 0 Å². The van der Waals surface area contributed by atoms with Crippen molar-refractivity contribution in [2.45, 2.75) is 135 Å². The Hall–Kier alpha value is -5.87. The number of nitrogens with one attached hydrogen (secondary N) is 7. The Balaban J connectivity index is 5.98. The van der Waals surface area contributed by atoms with Crippen molar-refractivity contribution in [1.82, 2.24) is 37.2 Å². The molecule has 316 valence electrons. The lowest BCUT2D eigenvalue weighted by Crippen LogP contribution is -2.59. The Bertz CT molecular complexity index is 1470. The summed E-state index contributed by atoms with van der Waals surface area (Å²) >= 11 is 0. The fourth-order valence-corrected chi connectivity index (χ4v) is 4.67. The summed E-state index contributed by atoms with van der Waals surface area (Å²) in [6, 6.07) is -10.5. The SMILES string of the molecule is CC(C)C[C@H](NC(=O)[C@H](C)NC(=O)[C@H](CCC(N)=O)NC(=O)[C@H](C)N)C(=O)N[C@@H](CCC(N)=O)C(=O)N[C@@H](C)C(=O)N[C@@H](CCC(N)=O)C(=O)N[C@@H](C)C(=O)O. The van der Waals surface area contributed by atoms with E-state index in [1.54, 1.807) is 13.8 Å². The smallest absolute Gasteiger partial charge is 0.325 e. The van der Waals surface area contributed by atoms with E-state index < -0.39 is 120 Å². The van der Waals surface area contributed by atoms with E-state index in [1.807, 2.05) is 0 Å². The Kier molecular flexibility index (Phi) is 21.9. The summed E-state index contributed by atoms with van der Waals surface area (Å²) in [5, 5.41) is 25.7. The van der Waals surface area contributed by atoms with Gasteiger partial charge in [0.25, 0.3) is 0 Å². The van der Waals surface area contributed by atoms with Gasteiger partial charge in [-0.05, 0) is 59.3 Å². The lowest BCUT2D eigenvalue weighted by molar-refractivity contribution is -0.142. The van der Waals surface area contributed by atoms with E-state index in [0.29, 0.717) is 0 Å². The van der Waals surface area contributed by atoms with Crippen molar-refractivity contribution in [1.29, 1.82) is 0 Å². The van der Waals surface area contributed by atoms with Crippen LogP contribution < -0.4 is 60.2 Å². The number of hydrogen-bond acceptors (Lipinski definition) is 12. The van der Waals surface area contributed by atoms with Crippen molar-refractivity contribution in [2.75, 3.05) is 0 Å². The van der Waals surface area contributed by atoms with E-state index in [9.17, 15) is 52.7 Å². The fourth-order valence-electron chi connectivity index (χ4n) is 4.67. The van der Waals surface area contributed by atoms with Crippen LogP contribution in [0.2, 0.25) is 0 Å². The number of aliphatic carboxylic acids is 1. The number of carbonyl (C=O) groups is 11. The van der Waals surface area contributed by atoms with Gasteiger partial charge in [0.05, 0.1) is 6.04 Å². The van der Waals surface area contributed by atoms with Crippen LogP contribution in [0, 0.1) is 5.92 Å². The van der Waals surface area contributed by atoms with Gasteiger partial charge >= 0.3 is 5.97 Å². The number of primary amides is 3. The zero-order valence-corrected chi connectivity index (χ0v) is 32.4. The van der Waals surface area contributed by atoms with Crippen LogP contribution in [0.4, 0.5) is 0 Å². The van der Waals surface area contributed by atoms with Crippen molar-refractivity contribution >= 4 is 65.0 Å². The summed E-state index contributed by atoms with van der Waals surface area (Å²) in [4.78, 5) is 136. The van der Waals surface area contributed by atoms with Gasteiger partial charge in [-0.2, -0.15) is 0 Å². The van der Waals surface area contributed by atoms with Gasteiger partial charge in [-0.1, -0.05) is 13.8 Å². The van der Waals surface area contributed by atoms with Crippen molar-refractivity contribution in [3.63, 3.8) is 0 Å². The van der Waals surface area contributed by atoms with Crippen molar-refractivity contribution in [2.24, 2.45) is 28.9 Å². The Morgan fingerprint density at radius 3 is 1.02 bits per heavy atom. The third kappa shape index (κ3) is 20.0. The van der Waals surface area contributed by atoms with Gasteiger partial charge in [0, 0.05) is 19.3 Å². The number of amides is 10. The summed E-state index contributed by atoms with van der Waals surface area (Å²) in [6.45, 7) is 8.53. The molecule has 0 aliphatic heterocycles. The molecule has 0 aromatic heterocycles. The molecule has 10 amide bonds. The van der Waals surface area contributed by atoms with Crippen LogP contribution in [-0.4, -0.2) is 118 Å². The summed E-state index contributed by atoms with van der Waals surface area (Å²) in [7, 11) is 0. The Morgan fingerprint density at radius 2 is 0.714 bits per heavy atom. The number of carboxylic acid groups (broad SMARTS) is 1. The first-order valence-corrected chi connectivity index (χ1v) is 17.8. The second-order valence-corrected chi connectivity index (χ2v) is 13.7. The molecule has 23 heteroatoms. The van der Waals surface area contributed by atoms with Gasteiger partial charge in [-0.3, -0.25) is 52.7 Å². The van der Waals surface area contributed by atoms with Crippen molar-refractivity contribution < 1.29 is 57.8 Å². The van der Waals surface area contributed by atoms with E-state index >= 15 is 0 Å². The molecule has 0 heterocycles. The summed E-state index contributed by atoms with van der Waals surface area (Å²) in [5.41, 5.74) is 21.2. The first-order valence-electron chi connectivity index (χ1n) is 17.8. The molecule has 0 unspecified atom stereocenters. The molecule has 8 atom stereocenters. The van der Waals surface area contributed by atoms with Gasteiger partial charge < -0.3 is 65.3 Å². The van der Waals surface area contributed by atoms with E-state index in [0.717, 1.165) is 0 Å². The second kappa shape index (κ2) is 24.5. The molecular weight excluding hydrogens is 742 g/mol. The quantitative estimate of drug-likeness (QED) is 0.0390. The highest BCUT2D eigenvalue weighted by atomic mass is 16.4. The maximum absolute atomic E-state index is 13.5. The predicted octanol–water partition coefficient (Wildman–Crippen LogP) is -5.29. The fraction of sp³-hybridized carbons (Fsp3) is 0.667. The van der Waals surface area contributed by atoms with Crippen LogP contribution in [0.5, 0.6) is 0 Å². The van der Waals surface area contributed by atoms with Gasteiger partial charge in [0.15, 0.2) is 0 Å². The average Bonchev–Trinajstić information content (AvgIpc) is 3.08. The highest BCUT2D eigenvalue weighted by Crippen LogP contribution is 2.09. The summed E-state index contributed by atoms with van der Waals surface area (Å²) < 4.78 is 0. The predicted molar refractivity (Wildman–Crippen MR) is 197 cm³/mol. The van der Waals surface area contributed by atoms with Gasteiger partial charge in [-0.25, -0.2) is 0 Å². The molecule has 0 rings (SSSR count). The number of carbonyl (C=O) groups excluding carboxylic acids is 10. The van der Waals surface area contributed by atoms with Gasteiger partial charge in [-0.15, -0.1) is 0 Å². The first kappa shape index (κ1) is 50.1. The zero-order valence-electron chi connectivity index (χ0n) is 32.4. The topological polar surface area (TPSA) is 396 Å². The lowest BCUT2D eigenvalue weighted by atomic mass is 10.0. The largest absolute Gasteiger partial charge is 0.480 e.